The number of imidazole rings is 1. The summed E-state index contributed by atoms with van der Waals surface area (Å²) < 4.78 is 0. The zero-order valence-corrected chi connectivity index (χ0v) is 15.8. The van der Waals surface area contributed by atoms with Crippen LogP contribution < -0.4 is 10.6 Å². The summed E-state index contributed by atoms with van der Waals surface area (Å²) in [7, 11) is 0. The van der Waals surface area contributed by atoms with E-state index >= 15 is 0 Å². The van der Waals surface area contributed by atoms with Gasteiger partial charge in [0.25, 0.3) is 0 Å². The Morgan fingerprint density at radius 3 is 2.71 bits per heavy atom. The first kappa shape index (κ1) is 18.0. The molecule has 1 aliphatic heterocycles. The molecule has 1 aliphatic rings. The van der Waals surface area contributed by atoms with Gasteiger partial charge >= 0.3 is 0 Å². The lowest BCUT2D eigenvalue weighted by molar-refractivity contribution is 0.103. The van der Waals surface area contributed by atoms with E-state index in [1.165, 1.54) is 0 Å². The molecule has 3 N–H and O–H groups in total. The van der Waals surface area contributed by atoms with Crippen LogP contribution in [-0.4, -0.2) is 34.8 Å². The van der Waals surface area contributed by atoms with E-state index in [2.05, 4.69) is 32.5 Å². The van der Waals surface area contributed by atoms with Gasteiger partial charge in [-0.25, -0.2) is 4.98 Å². The first-order valence-electron chi connectivity index (χ1n) is 9.50. The lowest BCUT2D eigenvalue weighted by Crippen LogP contribution is -2.35. The summed E-state index contributed by atoms with van der Waals surface area (Å²) in [4.78, 5) is 24.8. The van der Waals surface area contributed by atoms with E-state index in [1.54, 1.807) is 0 Å². The Balaban J connectivity index is 1.51. The molecule has 0 bridgehead atoms. The minimum Gasteiger partial charge on any atom is -0.356 e. The topological polar surface area (TPSA) is 82.2 Å². The molecule has 1 atom stereocenters. The van der Waals surface area contributed by atoms with Crippen molar-refractivity contribution in [2.24, 2.45) is 4.99 Å². The van der Waals surface area contributed by atoms with Crippen molar-refractivity contribution in [1.29, 1.82) is 0 Å². The minimum atomic E-state index is 0.0306. The van der Waals surface area contributed by atoms with Gasteiger partial charge in [-0.2, -0.15) is 0 Å². The van der Waals surface area contributed by atoms with Gasteiger partial charge in [-0.15, -0.1) is 0 Å². The fourth-order valence-corrected chi connectivity index (χ4v) is 3.23. The van der Waals surface area contributed by atoms with Gasteiger partial charge in [0, 0.05) is 35.8 Å². The molecule has 0 radical (unpaired) electrons. The molecule has 0 saturated carbocycles. The third kappa shape index (κ3) is 3.96. The summed E-state index contributed by atoms with van der Waals surface area (Å²) in [5, 5.41) is 6.39. The summed E-state index contributed by atoms with van der Waals surface area (Å²) in [6.07, 6.45) is 2.87. The molecule has 0 spiro atoms. The number of carbonyl (C=O) groups is 1. The van der Waals surface area contributed by atoms with Crippen LogP contribution in [0.1, 0.15) is 46.4 Å². The molecule has 3 aromatic rings. The molecule has 0 saturated heterocycles. The molecule has 6 heteroatoms. The summed E-state index contributed by atoms with van der Waals surface area (Å²) in [5.41, 5.74) is 3.42. The van der Waals surface area contributed by atoms with Crippen molar-refractivity contribution in [3.8, 4) is 0 Å². The summed E-state index contributed by atoms with van der Waals surface area (Å²) >= 11 is 0. The minimum absolute atomic E-state index is 0.0306. The number of nitrogens with zero attached hydrogens (tertiary/aromatic N) is 2. The number of H-pyrrole nitrogens is 1. The molecule has 2 heterocycles. The van der Waals surface area contributed by atoms with E-state index in [9.17, 15) is 4.79 Å². The number of rotatable bonds is 5. The molecule has 0 aliphatic carbocycles. The predicted octanol–water partition coefficient (Wildman–Crippen LogP) is 3.55. The fourth-order valence-electron chi connectivity index (χ4n) is 3.23. The number of anilines is 1. The molecule has 4 rings (SSSR count). The highest BCUT2D eigenvalue weighted by Crippen LogP contribution is 2.25. The molecule has 6 nitrogen and oxygen atoms in total. The quantitative estimate of drug-likeness (QED) is 0.597. The number of aromatic amines is 1. The maximum atomic E-state index is 12.7. The zero-order valence-electron chi connectivity index (χ0n) is 15.8. The van der Waals surface area contributed by atoms with Gasteiger partial charge in [0.05, 0.1) is 6.20 Å². The van der Waals surface area contributed by atoms with Gasteiger partial charge in [0.2, 0.25) is 5.95 Å². The van der Waals surface area contributed by atoms with Crippen molar-refractivity contribution < 1.29 is 4.79 Å². The van der Waals surface area contributed by atoms with Gasteiger partial charge < -0.3 is 10.3 Å². The van der Waals surface area contributed by atoms with Crippen molar-refractivity contribution in [2.75, 3.05) is 18.4 Å². The van der Waals surface area contributed by atoms with Crippen LogP contribution in [0.4, 0.5) is 5.95 Å². The Kier molecular flexibility index (Phi) is 5.19. The van der Waals surface area contributed by atoms with Crippen LogP contribution in [-0.2, 0) is 0 Å². The highest BCUT2D eigenvalue weighted by atomic mass is 16.1. The van der Waals surface area contributed by atoms with Crippen LogP contribution in [0.3, 0.4) is 0 Å². The molecule has 0 amide bonds. The lowest BCUT2D eigenvalue weighted by Gasteiger charge is -2.14. The van der Waals surface area contributed by atoms with Crippen molar-refractivity contribution in [1.82, 2.24) is 15.3 Å². The number of aromatic nitrogens is 2. The van der Waals surface area contributed by atoms with E-state index in [-0.39, 0.29) is 11.7 Å². The van der Waals surface area contributed by atoms with E-state index in [0.29, 0.717) is 17.1 Å². The molecular weight excluding hydrogens is 350 g/mol. The summed E-state index contributed by atoms with van der Waals surface area (Å²) in [5.74, 6) is 1.51. The maximum Gasteiger partial charge on any atom is 0.207 e. The number of guanidine groups is 1. The molecule has 0 fully saturated rings. The number of hydrogen-bond acceptors (Lipinski definition) is 5. The van der Waals surface area contributed by atoms with Crippen molar-refractivity contribution in [3.63, 3.8) is 0 Å². The number of carbonyl (C=O) groups excluding carboxylic acids is 1. The summed E-state index contributed by atoms with van der Waals surface area (Å²) in [6, 6.07) is 17.1. The smallest absolute Gasteiger partial charge is 0.207 e. The first-order chi connectivity index (χ1) is 13.7. The van der Waals surface area contributed by atoms with Gasteiger partial charge in [-0.1, -0.05) is 55.5 Å². The number of nitrogens with one attached hydrogen (secondary N) is 3. The third-order valence-corrected chi connectivity index (χ3v) is 4.88. The van der Waals surface area contributed by atoms with Crippen molar-refractivity contribution >= 4 is 17.7 Å². The van der Waals surface area contributed by atoms with Crippen LogP contribution in [0.5, 0.6) is 0 Å². The third-order valence-electron chi connectivity index (χ3n) is 4.88. The van der Waals surface area contributed by atoms with E-state index in [1.807, 2.05) is 60.8 Å². The lowest BCUT2D eigenvalue weighted by atomic mass is 9.94. The Hall–Kier alpha value is -3.41. The van der Waals surface area contributed by atoms with E-state index < -0.39 is 0 Å². The van der Waals surface area contributed by atoms with Crippen LogP contribution in [0.15, 0.2) is 65.8 Å². The van der Waals surface area contributed by atoms with Crippen molar-refractivity contribution in [2.45, 2.75) is 19.3 Å². The second-order valence-corrected chi connectivity index (χ2v) is 6.87. The Morgan fingerprint density at radius 2 is 1.93 bits per heavy atom. The van der Waals surface area contributed by atoms with Crippen LogP contribution >= 0.6 is 0 Å². The van der Waals surface area contributed by atoms with Crippen LogP contribution in [0, 0.1) is 0 Å². The monoisotopic (exact) mass is 373 g/mol. The average Bonchev–Trinajstić information content (AvgIpc) is 3.22. The predicted molar refractivity (Wildman–Crippen MR) is 111 cm³/mol. The normalized spacial score (nSPS) is 14.7. The average molecular weight is 373 g/mol. The van der Waals surface area contributed by atoms with Gasteiger partial charge in [-0.3, -0.25) is 15.1 Å². The van der Waals surface area contributed by atoms with Crippen LogP contribution in [0.25, 0.3) is 0 Å². The molecule has 1 unspecified atom stereocenters. The molecule has 28 heavy (non-hydrogen) atoms. The Morgan fingerprint density at radius 1 is 1.11 bits per heavy atom. The second kappa shape index (κ2) is 8.08. The zero-order chi connectivity index (χ0) is 19.3. The SMILES string of the molecule is CC(c1cccc(C(=O)c2ccccc2)c1)c1cnc(NC2=NCCCN2)[nH]1. The standard InChI is InChI=1S/C22H23N5O/c1-15(19-14-25-22(26-19)27-21-23-11-6-12-24-21)17-9-5-10-18(13-17)20(28)16-7-3-2-4-8-16/h2-5,7-10,13-15H,6,11-12H2,1H3,(H3,23,24,25,26,27). The van der Waals surface area contributed by atoms with Gasteiger partial charge in [-0.05, 0) is 18.1 Å². The maximum absolute atomic E-state index is 12.7. The largest absolute Gasteiger partial charge is 0.356 e. The van der Waals surface area contributed by atoms with Crippen molar-refractivity contribution in [3.05, 3.63) is 83.2 Å². The number of benzene rings is 2. The van der Waals surface area contributed by atoms with Gasteiger partial charge in [0.15, 0.2) is 11.7 Å². The Bertz CT molecular complexity index is 993. The number of ketones is 1. The molecule has 2 aromatic carbocycles. The fraction of sp³-hybridized carbons (Fsp3) is 0.227. The summed E-state index contributed by atoms with van der Waals surface area (Å²) in [6.45, 7) is 3.83. The van der Waals surface area contributed by atoms with Gasteiger partial charge in [0.1, 0.15) is 0 Å². The Labute approximate surface area is 164 Å². The van der Waals surface area contributed by atoms with E-state index in [4.69, 9.17) is 0 Å². The highest BCUT2D eigenvalue weighted by molar-refractivity contribution is 6.09. The number of hydrogen-bond donors (Lipinski definition) is 3. The number of aliphatic imine (C=N–C) groups is 1. The second-order valence-electron chi connectivity index (χ2n) is 6.87. The molecule has 142 valence electrons. The molecule has 1 aromatic heterocycles. The van der Waals surface area contributed by atoms with E-state index in [0.717, 1.165) is 36.7 Å². The molecular formula is C22H23N5O. The first-order valence-corrected chi connectivity index (χ1v) is 9.50. The van der Waals surface area contributed by atoms with Crippen LogP contribution in [0.2, 0.25) is 0 Å². The highest BCUT2D eigenvalue weighted by Gasteiger charge is 2.15.